The summed E-state index contributed by atoms with van der Waals surface area (Å²) in [6.07, 6.45) is 0. The maximum Gasteiger partial charge on any atom is 0.219 e. The second kappa shape index (κ2) is 12.0. The summed E-state index contributed by atoms with van der Waals surface area (Å²) in [5, 5.41) is 0. The van der Waals surface area contributed by atoms with Crippen molar-refractivity contribution in [2.45, 2.75) is 38.4 Å². The lowest BCUT2D eigenvalue weighted by molar-refractivity contribution is -0.134. The summed E-state index contributed by atoms with van der Waals surface area (Å²) in [7, 11) is 1.72. The van der Waals surface area contributed by atoms with Crippen LogP contribution in [-0.4, -0.2) is 79.1 Å². The number of carbonyl (C=O) groups excluding carboxylic acids is 1. The monoisotopic (exact) mass is 513 g/mol. The number of methoxy groups -OCH3 is 1. The summed E-state index contributed by atoms with van der Waals surface area (Å²) < 4.78 is 11.8. The first-order valence-corrected chi connectivity index (χ1v) is 13.7. The van der Waals surface area contributed by atoms with Gasteiger partial charge in [0.05, 0.1) is 19.3 Å². The van der Waals surface area contributed by atoms with E-state index < -0.39 is 0 Å². The van der Waals surface area contributed by atoms with Crippen LogP contribution >= 0.6 is 0 Å². The molecule has 2 atom stereocenters. The van der Waals surface area contributed by atoms with Crippen molar-refractivity contribution < 1.29 is 14.3 Å². The summed E-state index contributed by atoms with van der Waals surface area (Å²) in [5.74, 6) is 2.11. The Kier molecular flexibility index (Phi) is 8.30. The predicted octanol–water partition coefficient (Wildman–Crippen LogP) is 4.64. The Hall–Kier alpha value is -3.35. The van der Waals surface area contributed by atoms with Gasteiger partial charge in [-0.15, -0.1) is 0 Å². The molecule has 2 aliphatic rings. The van der Waals surface area contributed by atoms with E-state index in [1.54, 1.807) is 14.0 Å². The van der Waals surface area contributed by atoms with Gasteiger partial charge in [-0.25, -0.2) is 0 Å². The minimum Gasteiger partial charge on any atom is -0.496 e. The average Bonchev–Trinajstić information content (AvgIpc) is 2.95. The summed E-state index contributed by atoms with van der Waals surface area (Å²) in [6.45, 7) is 9.26. The van der Waals surface area contributed by atoms with E-state index in [-0.39, 0.29) is 23.9 Å². The van der Waals surface area contributed by atoms with E-state index >= 15 is 0 Å². The van der Waals surface area contributed by atoms with Crippen LogP contribution in [0.15, 0.2) is 78.9 Å². The number of fused-ring (bicyclic) bond motifs is 1. The third kappa shape index (κ3) is 5.57. The quantitative estimate of drug-likeness (QED) is 0.439. The summed E-state index contributed by atoms with van der Waals surface area (Å²) in [4.78, 5) is 19.6. The van der Waals surface area contributed by atoms with Gasteiger partial charge in [0.15, 0.2) is 0 Å². The third-order valence-electron chi connectivity index (χ3n) is 8.01. The Morgan fingerprint density at radius 3 is 2.13 bits per heavy atom. The zero-order valence-electron chi connectivity index (χ0n) is 22.8. The molecule has 5 rings (SSSR count). The van der Waals surface area contributed by atoms with E-state index in [0.29, 0.717) is 6.61 Å². The van der Waals surface area contributed by atoms with Crippen LogP contribution < -0.4 is 9.47 Å². The molecule has 0 saturated carbocycles. The second-order valence-corrected chi connectivity index (χ2v) is 10.3. The van der Waals surface area contributed by atoms with Crippen molar-refractivity contribution in [3.05, 3.63) is 95.6 Å². The van der Waals surface area contributed by atoms with E-state index in [1.807, 2.05) is 30.0 Å². The van der Waals surface area contributed by atoms with Gasteiger partial charge in [-0.3, -0.25) is 14.6 Å². The first kappa shape index (κ1) is 26.3. The maximum absolute atomic E-state index is 12.4. The number of piperazine rings is 2. The van der Waals surface area contributed by atoms with E-state index in [0.717, 1.165) is 56.3 Å². The fourth-order valence-corrected chi connectivity index (χ4v) is 6.29. The first-order valence-electron chi connectivity index (χ1n) is 13.7. The van der Waals surface area contributed by atoms with Crippen LogP contribution in [0.25, 0.3) is 0 Å². The van der Waals surface area contributed by atoms with Gasteiger partial charge in [-0.05, 0) is 30.2 Å². The number of benzene rings is 3. The molecule has 38 heavy (non-hydrogen) atoms. The first-order chi connectivity index (χ1) is 18.6. The lowest BCUT2D eigenvalue weighted by atomic mass is 9.81. The summed E-state index contributed by atoms with van der Waals surface area (Å²) in [6, 6.07) is 28.3. The van der Waals surface area contributed by atoms with Gasteiger partial charge >= 0.3 is 0 Å². The van der Waals surface area contributed by atoms with Crippen molar-refractivity contribution in [1.82, 2.24) is 14.7 Å². The van der Waals surface area contributed by atoms with Gasteiger partial charge in [0.2, 0.25) is 5.91 Å². The highest BCUT2D eigenvalue weighted by molar-refractivity contribution is 5.73. The van der Waals surface area contributed by atoms with Gasteiger partial charge < -0.3 is 14.4 Å². The van der Waals surface area contributed by atoms with E-state index in [4.69, 9.17) is 9.47 Å². The van der Waals surface area contributed by atoms with Crippen LogP contribution in [0, 0.1) is 0 Å². The number of amides is 1. The molecule has 2 saturated heterocycles. The van der Waals surface area contributed by atoms with E-state index in [2.05, 4.69) is 70.5 Å². The fourth-order valence-electron chi connectivity index (χ4n) is 6.29. The minimum absolute atomic E-state index is 0.157. The molecule has 2 fully saturated rings. The van der Waals surface area contributed by atoms with Crippen molar-refractivity contribution in [3.63, 3.8) is 0 Å². The van der Waals surface area contributed by atoms with Crippen molar-refractivity contribution in [1.29, 1.82) is 0 Å². The number of rotatable bonds is 8. The van der Waals surface area contributed by atoms with Crippen molar-refractivity contribution in [2.75, 3.05) is 46.4 Å². The number of carbonyl (C=O) groups is 1. The van der Waals surface area contributed by atoms with Crippen molar-refractivity contribution >= 4 is 5.91 Å². The molecule has 6 nitrogen and oxygen atoms in total. The molecule has 6 heteroatoms. The molecule has 0 bridgehead atoms. The van der Waals surface area contributed by atoms with E-state index in [1.165, 1.54) is 11.1 Å². The average molecular weight is 514 g/mol. The van der Waals surface area contributed by atoms with E-state index in [9.17, 15) is 4.79 Å². The molecule has 0 aromatic heterocycles. The molecule has 0 spiro atoms. The minimum atomic E-state index is 0.157. The number of hydrogen-bond donors (Lipinski definition) is 0. The third-order valence-corrected chi connectivity index (χ3v) is 8.01. The SMILES string of the molecule is CCOc1cccc(OC)c1CN1CC(C(c2ccccc2)c2ccccc2)N2CCN(C(C)=O)C[C@H]2C1. The number of ether oxygens (including phenoxy) is 2. The molecular formula is C32H39N3O3. The van der Waals surface area contributed by atoms with Gasteiger partial charge in [0.1, 0.15) is 11.5 Å². The number of nitrogens with zero attached hydrogens (tertiary/aromatic N) is 3. The van der Waals surface area contributed by atoms with Gasteiger partial charge in [0.25, 0.3) is 0 Å². The fraction of sp³-hybridized carbons (Fsp3) is 0.406. The molecule has 0 radical (unpaired) electrons. The Morgan fingerprint density at radius 1 is 0.868 bits per heavy atom. The van der Waals surface area contributed by atoms with Crippen LogP contribution in [0.1, 0.15) is 36.5 Å². The summed E-state index contributed by atoms with van der Waals surface area (Å²) in [5.41, 5.74) is 3.73. The van der Waals surface area contributed by atoms with Crippen LogP contribution in [0.4, 0.5) is 0 Å². The molecule has 200 valence electrons. The lowest BCUT2D eigenvalue weighted by Gasteiger charge is -2.53. The Labute approximate surface area is 226 Å². The maximum atomic E-state index is 12.4. The Bertz CT molecular complexity index is 1160. The molecular weight excluding hydrogens is 474 g/mol. The summed E-state index contributed by atoms with van der Waals surface area (Å²) >= 11 is 0. The predicted molar refractivity (Wildman–Crippen MR) is 151 cm³/mol. The standard InChI is InChI=1S/C32H39N3O3/c1-4-38-31-17-11-16-30(37-3)28(31)22-33-20-27-21-34(24(2)36)18-19-35(27)29(23-33)32(25-12-7-5-8-13-25)26-14-9-6-10-15-26/h5-17,27,29,32H,4,18-23H2,1-3H3/t27-,29?/m1/s1. The van der Waals surface area contributed by atoms with Crippen LogP contribution in [-0.2, 0) is 11.3 Å². The van der Waals surface area contributed by atoms with Gasteiger partial charge in [-0.2, -0.15) is 0 Å². The van der Waals surface area contributed by atoms with Crippen molar-refractivity contribution in [2.24, 2.45) is 0 Å². The highest BCUT2D eigenvalue weighted by Crippen LogP contribution is 2.37. The molecule has 3 aromatic carbocycles. The zero-order chi connectivity index (χ0) is 26.5. The molecule has 0 N–H and O–H groups in total. The van der Waals surface area contributed by atoms with Crippen LogP contribution in [0.5, 0.6) is 11.5 Å². The Balaban J connectivity index is 1.53. The largest absolute Gasteiger partial charge is 0.496 e. The zero-order valence-corrected chi connectivity index (χ0v) is 22.8. The molecule has 3 aromatic rings. The molecule has 2 heterocycles. The second-order valence-electron chi connectivity index (χ2n) is 10.3. The highest BCUT2D eigenvalue weighted by Gasteiger charge is 2.42. The number of hydrogen-bond acceptors (Lipinski definition) is 5. The normalized spacial score (nSPS) is 20.3. The topological polar surface area (TPSA) is 45.3 Å². The lowest BCUT2D eigenvalue weighted by Crippen LogP contribution is -2.67. The van der Waals surface area contributed by atoms with Crippen LogP contribution in [0.2, 0.25) is 0 Å². The van der Waals surface area contributed by atoms with Crippen LogP contribution in [0.3, 0.4) is 0 Å². The molecule has 2 aliphatic heterocycles. The molecule has 1 unspecified atom stereocenters. The van der Waals surface area contributed by atoms with Gasteiger partial charge in [0, 0.05) is 64.2 Å². The molecule has 1 amide bonds. The highest BCUT2D eigenvalue weighted by atomic mass is 16.5. The Morgan fingerprint density at radius 2 is 1.53 bits per heavy atom. The smallest absolute Gasteiger partial charge is 0.219 e. The molecule has 0 aliphatic carbocycles. The van der Waals surface area contributed by atoms with Gasteiger partial charge in [-0.1, -0.05) is 66.7 Å². The van der Waals surface area contributed by atoms with Crippen molar-refractivity contribution in [3.8, 4) is 11.5 Å².